The van der Waals surface area contributed by atoms with E-state index in [2.05, 4.69) is 15.6 Å². The molecule has 1 aliphatic rings. The highest BCUT2D eigenvalue weighted by molar-refractivity contribution is 14.1. The third-order valence-electron chi connectivity index (χ3n) is 1.52. The van der Waals surface area contributed by atoms with E-state index in [1.54, 1.807) is 9.11 Å². The first-order chi connectivity index (χ1) is 5.68. The summed E-state index contributed by atoms with van der Waals surface area (Å²) in [6, 6.07) is 0. The summed E-state index contributed by atoms with van der Waals surface area (Å²) < 4.78 is 1.69. The summed E-state index contributed by atoms with van der Waals surface area (Å²) in [5.41, 5.74) is 5.86. The molecule has 6 nitrogen and oxygen atoms in total. The lowest BCUT2D eigenvalue weighted by Gasteiger charge is -2.21. The third kappa shape index (κ3) is 1.05. The summed E-state index contributed by atoms with van der Waals surface area (Å²) in [6.07, 6.45) is 1.02. The zero-order chi connectivity index (χ0) is 8.72. The van der Waals surface area contributed by atoms with Crippen molar-refractivity contribution in [3.05, 3.63) is 12.0 Å². The second-order valence-electron chi connectivity index (χ2n) is 2.35. The van der Waals surface area contributed by atoms with Crippen molar-refractivity contribution >= 4 is 34.6 Å². The molecule has 0 radical (unpaired) electrons. The largest absolute Gasteiger partial charge is 0.337 e. The second-order valence-corrected chi connectivity index (χ2v) is 3.39. The molecule has 64 valence electrons. The Morgan fingerprint density at radius 2 is 2.42 bits per heavy atom. The van der Waals surface area contributed by atoms with E-state index in [-0.39, 0.29) is 5.91 Å². The van der Waals surface area contributed by atoms with E-state index in [4.69, 9.17) is 5.73 Å². The van der Waals surface area contributed by atoms with Crippen molar-refractivity contribution in [2.24, 2.45) is 5.73 Å². The second kappa shape index (κ2) is 2.59. The topological polar surface area (TPSA) is 85.0 Å². The van der Waals surface area contributed by atoms with Gasteiger partial charge in [0.15, 0.2) is 17.8 Å². The molecule has 0 saturated carbocycles. The van der Waals surface area contributed by atoms with Crippen LogP contribution in [0.1, 0.15) is 10.5 Å². The predicted molar refractivity (Wildman–Crippen MR) is 50.7 cm³/mol. The van der Waals surface area contributed by atoms with Crippen molar-refractivity contribution in [2.45, 2.75) is 6.29 Å². The van der Waals surface area contributed by atoms with Crippen LogP contribution in [0.2, 0.25) is 0 Å². The van der Waals surface area contributed by atoms with E-state index in [1.165, 1.54) is 0 Å². The standard InChI is InChI=1S/C5H6IN5O/c6-11-1-8-2-3(11)9-5(7)10-4(2)12/h1,5,9H,7H2,(H,10,12). The molecule has 2 rings (SSSR count). The fourth-order valence-electron chi connectivity index (χ4n) is 1.02. The Hall–Kier alpha value is -0.830. The van der Waals surface area contributed by atoms with Crippen LogP contribution < -0.4 is 16.4 Å². The van der Waals surface area contributed by atoms with Crippen LogP contribution in [-0.4, -0.2) is 20.0 Å². The van der Waals surface area contributed by atoms with Gasteiger partial charge < -0.3 is 10.6 Å². The number of hydrogen-bond acceptors (Lipinski definition) is 4. The van der Waals surface area contributed by atoms with Gasteiger partial charge in [-0.2, -0.15) is 0 Å². The maximum atomic E-state index is 11.2. The molecule has 0 fully saturated rings. The highest BCUT2D eigenvalue weighted by Gasteiger charge is 2.25. The number of nitrogens with zero attached hydrogens (tertiary/aromatic N) is 2. The average Bonchev–Trinajstić information content (AvgIpc) is 2.33. The number of nitrogens with two attached hydrogens (primary N) is 1. The highest BCUT2D eigenvalue weighted by atomic mass is 127. The Bertz CT molecular complexity index is 335. The quantitative estimate of drug-likeness (QED) is 0.558. The lowest BCUT2D eigenvalue weighted by molar-refractivity contribution is 0.0932. The van der Waals surface area contributed by atoms with E-state index in [0.717, 1.165) is 0 Å². The van der Waals surface area contributed by atoms with E-state index >= 15 is 0 Å². The van der Waals surface area contributed by atoms with Crippen LogP contribution in [0, 0.1) is 0 Å². The zero-order valence-corrected chi connectivity index (χ0v) is 8.07. The van der Waals surface area contributed by atoms with Gasteiger partial charge >= 0.3 is 0 Å². The number of carbonyl (C=O) groups is 1. The van der Waals surface area contributed by atoms with Crippen LogP contribution in [0.25, 0.3) is 0 Å². The van der Waals surface area contributed by atoms with Crippen molar-refractivity contribution in [3.8, 4) is 0 Å². The van der Waals surface area contributed by atoms with Gasteiger partial charge in [-0.15, -0.1) is 0 Å². The van der Waals surface area contributed by atoms with Gasteiger partial charge in [0.05, 0.1) is 22.9 Å². The minimum atomic E-state index is -0.532. The molecule has 0 saturated heterocycles. The predicted octanol–water partition coefficient (Wildman–Crippen LogP) is -0.521. The van der Waals surface area contributed by atoms with E-state index in [9.17, 15) is 4.79 Å². The molecule has 1 aromatic rings. The number of nitrogens with one attached hydrogen (secondary N) is 2. The lowest BCUT2D eigenvalue weighted by Crippen LogP contribution is -2.51. The SMILES string of the molecule is NC1NC(=O)c2ncn(I)c2N1. The molecule has 1 atom stereocenters. The maximum absolute atomic E-state index is 11.2. The van der Waals surface area contributed by atoms with E-state index in [1.807, 2.05) is 22.9 Å². The van der Waals surface area contributed by atoms with E-state index in [0.29, 0.717) is 11.5 Å². The summed E-state index contributed by atoms with van der Waals surface area (Å²) in [5.74, 6) is 0.401. The number of carbonyl (C=O) groups excluding carboxylic acids is 1. The smallest absolute Gasteiger partial charge is 0.276 e. The number of aromatic nitrogens is 2. The molecule has 1 unspecified atom stereocenters. The lowest BCUT2D eigenvalue weighted by atomic mass is 10.3. The number of anilines is 1. The molecule has 7 heteroatoms. The van der Waals surface area contributed by atoms with Crippen LogP contribution in [0.15, 0.2) is 6.33 Å². The number of amides is 1. The fraction of sp³-hybridized carbons (Fsp3) is 0.200. The van der Waals surface area contributed by atoms with Crippen LogP contribution >= 0.6 is 22.9 Å². The van der Waals surface area contributed by atoms with Crippen LogP contribution in [0.5, 0.6) is 0 Å². The first-order valence-electron chi connectivity index (χ1n) is 3.25. The van der Waals surface area contributed by atoms with Gasteiger partial charge in [-0.1, -0.05) is 0 Å². The van der Waals surface area contributed by atoms with Crippen LogP contribution in [0.4, 0.5) is 5.82 Å². The molecule has 1 aliphatic heterocycles. The van der Waals surface area contributed by atoms with Gasteiger partial charge in [0.25, 0.3) is 5.91 Å². The van der Waals surface area contributed by atoms with Gasteiger partial charge in [-0.3, -0.25) is 13.3 Å². The van der Waals surface area contributed by atoms with Gasteiger partial charge in [0.1, 0.15) is 6.33 Å². The number of imidazole rings is 1. The Morgan fingerprint density at radius 3 is 3.17 bits per heavy atom. The molecule has 0 aliphatic carbocycles. The highest BCUT2D eigenvalue weighted by Crippen LogP contribution is 2.19. The Balaban J connectivity index is 2.50. The minimum Gasteiger partial charge on any atom is -0.337 e. The Labute approximate surface area is 82.0 Å². The molecule has 0 bridgehead atoms. The molecule has 1 amide bonds. The van der Waals surface area contributed by atoms with Crippen molar-refractivity contribution in [1.29, 1.82) is 0 Å². The van der Waals surface area contributed by atoms with Gasteiger partial charge in [0, 0.05) is 0 Å². The van der Waals surface area contributed by atoms with E-state index < -0.39 is 6.29 Å². The van der Waals surface area contributed by atoms with Crippen molar-refractivity contribution in [2.75, 3.05) is 5.32 Å². The molecule has 12 heavy (non-hydrogen) atoms. The first kappa shape index (κ1) is 7.80. The number of rotatable bonds is 0. The Morgan fingerprint density at radius 1 is 1.67 bits per heavy atom. The fourth-order valence-corrected chi connectivity index (χ4v) is 1.51. The van der Waals surface area contributed by atoms with Gasteiger partial charge in [-0.05, 0) is 0 Å². The van der Waals surface area contributed by atoms with Crippen molar-refractivity contribution < 1.29 is 4.79 Å². The molecular formula is C5H6IN5O. The van der Waals surface area contributed by atoms with Crippen molar-refractivity contribution in [1.82, 2.24) is 13.1 Å². The number of halogens is 1. The van der Waals surface area contributed by atoms with Gasteiger partial charge in [0.2, 0.25) is 0 Å². The third-order valence-corrected chi connectivity index (χ3v) is 2.25. The molecular weight excluding hydrogens is 273 g/mol. The molecule has 0 aromatic carbocycles. The summed E-state index contributed by atoms with van der Waals surface area (Å²) >= 11 is 2.01. The minimum absolute atomic E-state index is 0.244. The van der Waals surface area contributed by atoms with Crippen LogP contribution in [0.3, 0.4) is 0 Å². The monoisotopic (exact) mass is 279 g/mol. The molecule has 2 heterocycles. The summed E-state index contributed by atoms with van der Waals surface area (Å²) in [5, 5.41) is 5.37. The number of hydrogen-bond donors (Lipinski definition) is 3. The summed E-state index contributed by atoms with van der Waals surface area (Å²) in [4.78, 5) is 15.1. The number of fused-ring (bicyclic) bond motifs is 1. The molecule has 0 spiro atoms. The average molecular weight is 279 g/mol. The summed E-state index contributed by atoms with van der Waals surface area (Å²) in [6.45, 7) is 0. The van der Waals surface area contributed by atoms with Gasteiger partial charge in [-0.25, -0.2) is 4.98 Å². The van der Waals surface area contributed by atoms with Crippen molar-refractivity contribution in [3.63, 3.8) is 0 Å². The zero-order valence-electron chi connectivity index (χ0n) is 5.91. The molecule has 1 aromatic heterocycles. The maximum Gasteiger partial charge on any atom is 0.276 e. The van der Waals surface area contributed by atoms with Crippen LogP contribution in [-0.2, 0) is 0 Å². The summed E-state index contributed by atoms with van der Waals surface area (Å²) in [7, 11) is 0. The molecule has 4 N–H and O–H groups in total. The Kier molecular flexibility index (Phi) is 1.68. The normalized spacial score (nSPS) is 21.2. The first-order valence-corrected chi connectivity index (χ1v) is 4.21.